The van der Waals surface area contributed by atoms with E-state index in [-0.39, 0.29) is 12.5 Å². The predicted octanol–water partition coefficient (Wildman–Crippen LogP) is 3.18. The summed E-state index contributed by atoms with van der Waals surface area (Å²) in [7, 11) is 2.14. The van der Waals surface area contributed by atoms with Gasteiger partial charge in [-0.25, -0.2) is 0 Å². The highest BCUT2D eigenvalue weighted by atomic mass is 16.5. The molecule has 0 atom stereocenters. The molecule has 0 aliphatic carbocycles. The summed E-state index contributed by atoms with van der Waals surface area (Å²) < 4.78 is 16.9. The van der Waals surface area contributed by atoms with Gasteiger partial charge < -0.3 is 19.5 Å². The van der Waals surface area contributed by atoms with Crippen LogP contribution in [0.4, 0.5) is 0 Å². The zero-order valence-electron chi connectivity index (χ0n) is 17.9. The van der Waals surface area contributed by atoms with Crippen molar-refractivity contribution in [3.8, 4) is 11.5 Å². The molecule has 0 bridgehead atoms. The van der Waals surface area contributed by atoms with E-state index >= 15 is 0 Å². The SMILES string of the molecule is Cc1ccc(OCC(=O)NCc2cccc(OCCN(C)C3CCOCC3)c2)cc1. The summed E-state index contributed by atoms with van der Waals surface area (Å²) in [5, 5.41) is 2.89. The minimum atomic E-state index is -0.153. The number of hydrogen-bond donors (Lipinski definition) is 1. The lowest BCUT2D eigenvalue weighted by molar-refractivity contribution is -0.123. The first-order chi connectivity index (χ1) is 14.6. The number of carbonyl (C=O) groups excluding carboxylic acids is 1. The lowest BCUT2D eigenvalue weighted by atomic mass is 10.1. The van der Waals surface area contributed by atoms with E-state index in [0.717, 1.165) is 49.5 Å². The monoisotopic (exact) mass is 412 g/mol. The van der Waals surface area contributed by atoms with Gasteiger partial charge in [-0.1, -0.05) is 29.8 Å². The lowest BCUT2D eigenvalue weighted by Gasteiger charge is -2.31. The van der Waals surface area contributed by atoms with Gasteiger partial charge in [0.1, 0.15) is 18.1 Å². The van der Waals surface area contributed by atoms with E-state index in [1.165, 1.54) is 0 Å². The Labute approximate surface area is 179 Å². The standard InChI is InChI=1S/C24H32N2O4/c1-19-6-8-22(9-7-19)30-18-24(27)25-17-20-4-3-5-23(16-20)29-15-12-26(2)21-10-13-28-14-11-21/h3-9,16,21H,10-15,17-18H2,1-2H3,(H,25,27). The first kappa shape index (κ1) is 22.1. The maximum Gasteiger partial charge on any atom is 0.258 e. The van der Waals surface area contributed by atoms with Crippen molar-refractivity contribution in [2.75, 3.05) is 40.0 Å². The highest BCUT2D eigenvalue weighted by molar-refractivity contribution is 5.77. The van der Waals surface area contributed by atoms with Gasteiger partial charge in [0.2, 0.25) is 0 Å². The first-order valence-corrected chi connectivity index (χ1v) is 10.6. The minimum absolute atomic E-state index is 0.00219. The molecule has 2 aromatic rings. The van der Waals surface area contributed by atoms with Gasteiger partial charge in [0.05, 0.1) is 0 Å². The molecule has 6 heteroatoms. The molecule has 0 aromatic heterocycles. The van der Waals surface area contributed by atoms with Gasteiger partial charge >= 0.3 is 0 Å². The zero-order valence-corrected chi connectivity index (χ0v) is 17.9. The van der Waals surface area contributed by atoms with Crippen molar-refractivity contribution in [2.24, 2.45) is 0 Å². The summed E-state index contributed by atoms with van der Waals surface area (Å²) in [6.45, 7) is 5.65. The summed E-state index contributed by atoms with van der Waals surface area (Å²) in [6.07, 6.45) is 2.17. The van der Waals surface area contributed by atoms with E-state index in [0.29, 0.717) is 24.9 Å². The van der Waals surface area contributed by atoms with E-state index in [1.54, 1.807) is 0 Å². The van der Waals surface area contributed by atoms with Crippen molar-refractivity contribution in [2.45, 2.75) is 32.4 Å². The number of aryl methyl sites for hydroxylation is 1. The van der Waals surface area contributed by atoms with Gasteiger partial charge in [-0.05, 0) is 56.6 Å². The molecule has 1 amide bonds. The Balaban J connectivity index is 1.37. The van der Waals surface area contributed by atoms with Crippen LogP contribution in [0, 0.1) is 6.92 Å². The minimum Gasteiger partial charge on any atom is -0.492 e. The number of nitrogens with zero attached hydrogens (tertiary/aromatic N) is 1. The molecular weight excluding hydrogens is 380 g/mol. The van der Waals surface area contributed by atoms with E-state index in [4.69, 9.17) is 14.2 Å². The third kappa shape index (κ3) is 7.35. The third-order valence-corrected chi connectivity index (χ3v) is 5.31. The smallest absolute Gasteiger partial charge is 0.258 e. The van der Waals surface area contributed by atoms with Crippen LogP contribution in [0.25, 0.3) is 0 Å². The van der Waals surface area contributed by atoms with Crippen LogP contribution < -0.4 is 14.8 Å². The van der Waals surface area contributed by atoms with Gasteiger partial charge in [-0.3, -0.25) is 9.69 Å². The fraction of sp³-hybridized carbons (Fsp3) is 0.458. The van der Waals surface area contributed by atoms with Crippen molar-refractivity contribution in [1.29, 1.82) is 0 Å². The molecule has 0 spiro atoms. The van der Waals surface area contributed by atoms with Gasteiger partial charge in [0.25, 0.3) is 5.91 Å². The van der Waals surface area contributed by atoms with Crippen molar-refractivity contribution in [3.63, 3.8) is 0 Å². The Bertz CT molecular complexity index is 788. The Hall–Kier alpha value is -2.57. The second-order valence-electron chi connectivity index (χ2n) is 7.70. The quantitative estimate of drug-likeness (QED) is 0.650. The molecule has 6 nitrogen and oxygen atoms in total. The van der Waals surface area contributed by atoms with Crippen molar-refractivity contribution in [1.82, 2.24) is 10.2 Å². The molecule has 3 rings (SSSR count). The molecule has 0 saturated carbocycles. The highest BCUT2D eigenvalue weighted by Crippen LogP contribution is 2.15. The van der Waals surface area contributed by atoms with Gasteiger partial charge in [-0.2, -0.15) is 0 Å². The molecule has 1 aliphatic heterocycles. The molecular formula is C24H32N2O4. The Morgan fingerprint density at radius 3 is 2.63 bits per heavy atom. The van der Waals surface area contributed by atoms with Crippen LogP contribution in [0.5, 0.6) is 11.5 Å². The van der Waals surface area contributed by atoms with E-state index in [2.05, 4.69) is 17.3 Å². The molecule has 0 radical (unpaired) electrons. The number of amides is 1. The van der Waals surface area contributed by atoms with Crippen LogP contribution >= 0.6 is 0 Å². The highest BCUT2D eigenvalue weighted by Gasteiger charge is 2.17. The van der Waals surface area contributed by atoms with Crippen LogP contribution in [-0.2, 0) is 16.1 Å². The molecule has 1 saturated heterocycles. The van der Waals surface area contributed by atoms with Crippen molar-refractivity contribution in [3.05, 3.63) is 59.7 Å². The summed E-state index contributed by atoms with van der Waals surface area (Å²) in [6, 6.07) is 16.1. The van der Waals surface area contributed by atoms with Crippen LogP contribution in [-0.4, -0.2) is 56.9 Å². The topological polar surface area (TPSA) is 60.0 Å². The second kappa shape index (κ2) is 11.6. The molecule has 0 unspecified atom stereocenters. The van der Waals surface area contributed by atoms with Crippen LogP contribution in [0.1, 0.15) is 24.0 Å². The molecule has 1 N–H and O–H groups in total. The fourth-order valence-electron chi connectivity index (χ4n) is 3.40. The average molecular weight is 413 g/mol. The van der Waals surface area contributed by atoms with E-state index in [1.807, 2.05) is 55.5 Å². The number of hydrogen-bond acceptors (Lipinski definition) is 5. The molecule has 30 heavy (non-hydrogen) atoms. The van der Waals surface area contributed by atoms with E-state index in [9.17, 15) is 4.79 Å². The molecule has 1 fully saturated rings. The Morgan fingerprint density at radius 2 is 1.87 bits per heavy atom. The molecule has 2 aromatic carbocycles. The third-order valence-electron chi connectivity index (χ3n) is 5.31. The Morgan fingerprint density at radius 1 is 1.10 bits per heavy atom. The van der Waals surface area contributed by atoms with E-state index < -0.39 is 0 Å². The summed E-state index contributed by atoms with van der Waals surface area (Å²) >= 11 is 0. The van der Waals surface area contributed by atoms with Gasteiger partial charge in [-0.15, -0.1) is 0 Å². The average Bonchev–Trinajstić information content (AvgIpc) is 2.78. The van der Waals surface area contributed by atoms with Crippen LogP contribution in [0.15, 0.2) is 48.5 Å². The predicted molar refractivity (Wildman–Crippen MR) is 117 cm³/mol. The summed E-state index contributed by atoms with van der Waals surface area (Å²) in [5.74, 6) is 1.36. The number of ether oxygens (including phenoxy) is 3. The largest absolute Gasteiger partial charge is 0.492 e. The van der Waals surface area contributed by atoms with Crippen LogP contribution in [0.2, 0.25) is 0 Å². The number of rotatable bonds is 10. The maximum absolute atomic E-state index is 12.1. The number of carbonyl (C=O) groups is 1. The first-order valence-electron chi connectivity index (χ1n) is 10.6. The van der Waals surface area contributed by atoms with Crippen molar-refractivity contribution < 1.29 is 19.0 Å². The normalized spacial score (nSPS) is 14.5. The lowest BCUT2D eigenvalue weighted by Crippen LogP contribution is -2.38. The maximum atomic E-state index is 12.1. The van der Waals surface area contributed by atoms with Gasteiger partial charge in [0.15, 0.2) is 6.61 Å². The summed E-state index contributed by atoms with van der Waals surface area (Å²) in [4.78, 5) is 14.4. The molecule has 1 heterocycles. The number of likely N-dealkylation sites (N-methyl/N-ethyl adjacent to an activating group) is 1. The van der Waals surface area contributed by atoms with Crippen LogP contribution in [0.3, 0.4) is 0 Å². The number of benzene rings is 2. The summed E-state index contributed by atoms with van der Waals surface area (Å²) in [5.41, 5.74) is 2.15. The number of nitrogens with one attached hydrogen (secondary N) is 1. The molecule has 162 valence electrons. The van der Waals surface area contributed by atoms with Gasteiger partial charge in [0, 0.05) is 32.3 Å². The Kier molecular flexibility index (Phi) is 8.53. The molecule has 1 aliphatic rings. The van der Waals surface area contributed by atoms with Crippen molar-refractivity contribution >= 4 is 5.91 Å². The second-order valence-corrected chi connectivity index (χ2v) is 7.70. The zero-order chi connectivity index (χ0) is 21.2. The fourth-order valence-corrected chi connectivity index (χ4v) is 3.40.